The molecule has 0 nitrogen and oxygen atoms in total. The predicted octanol–water partition coefficient (Wildman–Crippen LogP) is 6.14. The van der Waals surface area contributed by atoms with Crippen molar-refractivity contribution in [3.8, 4) is 0 Å². The monoisotopic (exact) mass is 284 g/mol. The zero-order chi connectivity index (χ0) is 14.7. The van der Waals surface area contributed by atoms with Crippen molar-refractivity contribution in [2.24, 2.45) is 34.5 Å². The second-order valence-electron chi connectivity index (χ2n) is 8.88. The summed E-state index contributed by atoms with van der Waals surface area (Å²) in [5.74, 6) is 4.04. The normalized spacial score (nSPS) is 51.9. The Labute approximate surface area is 131 Å². The molecule has 0 radical (unpaired) electrons. The first-order valence-corrected chi connectivity index (χ1v) is 9.46. The van der Waals surface area contributed by atoms with Crippen molar-refractivity contribution < 1.29 is 0 Å². The molecular formula is C21H32. The average molecular weight is 284 g/mol. The Morgan fingerprint density at radius 2 is 1.95 bits per heavy atom. The fourth-order valence-corrected chi connectivity index (χ4v) is 7.16. The van der Waals surface area contributed by atoms with Gasteiger partial charge in [-0.05, 0) is 79.4 Å². The van der Waals surface area contributed by atoms with E-state index in [9.17, 15) is 0 Å². The fourth-order valence-electron chi connectivity index (χ4n) is 7.16. The number of allylic oxidation sites excluding steroid dienone is 4. The maximum Gasteiger partial charge on any atom is -0.00477 e. The Morgan fingerprint density at radius 1 is 1.10 bits per heavy atom. The van der Waals surface area contributed by atoms with Crippen LogP contribution >= 0.6 is 0 Å². The van der Waals surface area contributed by atoms with Crippen LogP contribution in [0.15, 0.2) is 23.8 Å². The molecule has 0 N–H and O–H groups in total. The topological polar surface area (TPSA) is 0 Å². The summed E-state index contributed by atoms with van der Waals surface area (Å²) in [4.78, 5) is 0. The summed E-state index contributed by atoms with van der Waals surface area (Å²) in [7, 11) is 0. The van der Waals surface area contributed by atoms with Gasteiger partial charge in [-0.15, -0.1) is 0 Å². The minimum atomic E-state index is 0.503. The van der Waals surface area contributed by atoms with Crippen LogP contribution in [0, 0.1) is 34.5 Å². The van der Waals surface area contributed by atoms with Crippen molar-refractivity contribution in [3.05, 3.63) is 23.8 Å². The molecule has 0 unspecified atom stereocenters. The molecule has 3 saturated carbocycles. The fraction of sp³-hybridized carbons (Fsp3) is 0.810. The lowest BCUT2D eigenvalue weighted by Crippen LogP contribution is -2.49. The summed E-state index contributed by atoms with van der Waals surface area (Å²) in [5.41, 5.74) is 2.96. The van der Waals surface area contributed by atoms with Crippen LogP contribution in [0.3, 0.4) is 0 Å². The highest BCUT2D eigenvalue weighted by atomic mass is 14.6. The first-order chi connectivity index (χ1) is 10.1. The van der Waals surface area contributed by atoms with Crippen LogP contribution in [-0.4, -0.2) is 0 Å². The number of hydrogen-bond donors (Lipinski definition) is 0. The largest absolute Gasteiger partial charge is 0.0837 e. The predicted molar refractivity (Wildman–Crippen MR) is 90.0 cm³/mol. The molecule has 0 amide bonds. The molecule has 0 bridgehead atoms. The Kier molecular flexibility index (Phi) is 3.18. The van der Waals surface area contributed by atoms with E-state index in [-0.39, 0.29) is 0 Å². The van der Waals surface area contributed by atoms with Gasteiger partial charge in [0.1, 0.15) is 0 Å². The van der Waals surface area contributed by atoms with E-state index in [0.29, 0.717) is 10.8 Å². The first kappa shape index (κ1) is 14.1. The Morgan fingerprint density at radius 3 is 2.76 bits per heavy atom. The van der Waals surface area contributed by atoms with E-state index in [4.69, 9.17) is 0 Å². The van der Waals surface area contributed by atoms with Gasteiger partial charge in [-0.2, -0.15) is 0 Å². The van der Waals surface area contributed by atoms with Crippen LogP contribution in [0.2, 0.25) is 0 Å². The second-order valence-corrected chi connectivity index (χ2v) is 8.88. The molecule has 0 aromatic carbocycles. The van der Waals surface area contributed by atoms with Crippen molar-refractivity contribution in [1.82, 2.24) is 0 Å². The molecule has 4 rings (SSSR count). The van der Waals surface area contributed by atoms with Crippen LogP contribution in [0.25, 0.3) is 0 Å². The molecule has 0 heteroatoms. The standard InChI is InChI=1S/C21H32/c1-4-15-9-11-18-17-10-8-16-7-5-6-13-20(16,2)19(17)12-14-21(15,18)3/h5-7,15,17-19H,4,8-14H2,1-3H3/t15-,17-,18-,19-,20-,21+/m0/s1. The van der Waals surface area contributed by atoms with Crippen LogP contribution in [0.1, 0.15) is 72.1 Å². The van der Waals surface area contributed by atoms with E-state index in [1.165, 1.54) is 51.4 Å². The SMILES string of the molecule is CC[C@H]1CC[C@H]2[C@@H]3CCC4=CC=CC[C@]4(C)[C@H]3CC[C@]12C. The number of hydrogen-bond acceptors (Lipinski definition) is 0. The van der Waals surface area contributed by atoms with Gasteiger partial charge in [0.25, 0.3) is 0 Å². The summed E-state index contributed by atoms with van der Waals surface area (Å²) in [5, 5.41) is 0. The molecular weight excluding hydrogens is 252 g/mol. The molecule has 3 fully saturated rings. The number of fused-ring (bicyclic) bond motifs is 5. The Bertz CT molecular complexity index is 484. The van der Waals surface area contributed by atoms with E-state index < -0.39 is 0 Å². The molecule has 21 heavy (non-hydrogen) atoms. The molecule has 0 aromatic heterocycles. The van der Waals surface area contributed by atoms with Crippen LogP contribution < -0.4 is 0 Å². The third-order valence-corrected chi connectivity index (χ3v) is 8.40. The maximum absolute atomic E-state index is 2.66. The molecule has 0 aliphatic heterocycles. The minimum absolute atomic E-state index is 0.503. The number of rotatable bonds is 1. The van der Waals surface area contributed by atoms with Gasteiger partial charge in [-0.3, -0.25) is 0 Å². The van der Waals surface area contributed by atoms with Gasteiger partial charge < -0.3 is 0 Å². The van der Waals surface area contributed by atoms with Crippen molar-refractivity contribution >= 4 is 0 Å². The van der Waals surface area contributed by atoms with Crippen LogP contribution in [-0.2, 0) is 0 Å². The summed E-state index contributed by atoms with van der Waals surface area (Å²) in [6.07, 6.45) is 18.8. The van der Waals surface area contributed by atoms with Crippen molar-refractivity contribution in [3.63, 3.8) is 0 Å². The minimum Gasteiger partial charge on any atom is -0.0837 e. The molecule has 0 saturated heterocycles. The lowest BCUT2D eigenvalue weighted by Gasteiger charge is -2.57. The van der Waals surface area contributed by atoms with E-state index in [1.54, 1.807) is 5.57 Å². The average Bonchev–Trinajstić information content (AvgIpc) is 2.83. The maximum atomic E-state index is 2.66. The Balaban J connectivity index is 1.66. The van der Waals surface area contributed by atoms with Crippen LogP contribution in [0.4, 0.5) is 0 Å². The van der Waals surface area contributed by atoms with Gasteiger partial charge >= 0.3 is 0 Å². The smallest absolute Gasteiger partial charge is 0.00477 e. The second kappa shape index (κ2) is 4.74. The Hall–Kier alpha value is -0.520. The van der Waals surface area contributed by atoms with Gasteiger partial charge in [-0.1, -0.05) is 51.0 Å². The molecule has 0 aromatic rings. The zero-order valence-electron chi connectivity index (χ0n) is 14.2. The molecule has 6 atom stereocenters. The quantitative estimate of drug-likeness (QED) is 0.542. The highest BCUT2D eigenvalue weighted by Crippen LogP contribution is 2.66. The van der Waals surface area contributed by atoms with Gasteiger partial charge in [-0.25, -0.2) is 0 Å². The van der Waals surface area contributed by atoms with Gasteiger partial charge in [0.05, 0.1) is 0 Å². The van der Waals surface area contributed by atoms with E-state index >= 15 is 0 Å². The molecule has 116 valence electrons. The lowest BCUT2D eigenvalue weighted by molar-refractivity contribution is -0.0464. The molecule has 0 spiro atoms. The van der Waals surface area contributed by atoms with Crippen molar-refractivity contribution in [2.45, 2.75) is 72.1 Å². The van der Waals surface area contributed by atoms with E-state index in [0.717, 1.165) is 23.7 Å². The van der Waals surface area contributed by atoms with Gasteiger partial charge in [0.15, 0.2) is 0 Å². The lowest BCUT2D eigenvalue weighted by atomic mass is 9.47. The third kappa shape index (κ3) is 1.80. The molecule has 4 aliphatic rings. The van der Waals surface area contributed by atoms with Gasteiger partial charge in [0.2, 0.25) is 0 Å². The van der Waals surface area contributed by atoms with Gasteiger partial charge in [0, 0.05) is 0 Å². The molecule has 4 aliphatic carbocycles. The van der Waals surface area contributed by atoms with E-state index in [2.05, 4.69) is 39.0 Å². The summed E-state index contributed by atoms with van der Waals surface area (Å²) in [6, 6.07) is 0. The highest BCUT2D eigenvalue weighted by Gasteiger charge is 2.57. The highest BCUT2D eigenvalue weighted by molar-refractivity contribution is 5.30. The van der Waals surface area contributed by atoms with Crippen molar-refractivity contribution in [2.75, 3.05) is 0 Å². The van der Waals surface area contributed by atoms with Crippen LogP contribution in [0.5, 0.6) is 0 Å². The summed E-state index contributed by atoms with van der Waals surface area (Å²) >= 11 is 0. The first-order valence-electron chi connectivity index (χ1n) is 9.46. The van der Waals surface area contributed by atoms with Crippen molar-refractivity contribution in [1.29, 1.82) is 0 Å². The third-order valence-electron chi connectivity index (χ3n) is 8.40. The summed E-state index contributed by atoms with van der Waals surface area (Å²) < 4.78 is 0. The zero-order valence-corrected chi connectivity index (χ0v) is 14.2. The summed E-state index contributed by atoms with van der Waals surface area (Å²) in [6.45, 7) is 7.68. The molecule has 0 heterocycles. The van der Waals surface area contributed by atoms with E-state index in [1.807, 2.05) is 0 Å².